The van der Waals surface area contributed by atoms with Crippen LogP contribution in [0.3, 0.4) is 0 Å². The van der Waals surface area contributed by atoms with Gasteiger partial charge in [0, 0.05) is 24.7 Å². The van der Waals surface area contributed by atoms with Crippen molar-refractivity contribution in [3.8, 4) is 17.7 Å². The number of carbonyl (C=O) groups is 1. The molecule has 0 saturated carbocycles. The van der Waals surface area contributed by atoms with Gasteiger partial charge in [0.2, 0.25) is 5.78 Å². The summed E-state index contributed by atoms with van der Waals surface area (Å²) in [5.41, 5.74) is 0.611. The smallest absolute Gasteiger partial charge is 0.237 e. The van der Waals surface area contributed by atoms with Gasteiger partial charge in [-0.1, -0.05) is 0 Å². The molecule has 1 fully saturated rings. The molecular weight excluding hydrogens is 226 g/mol. The molecule has 1 aliphatic heterocycles. The van der Waals surface area contributed by atoms with Gasteiger partial charge < -0.3 is 9.64 Å². The molecule has 94 valence electrons. The van der Waals surface area contributed by atoms with E-state index in [2.05, 4.69) is 12.0 Å². The minimum absolute atomic E-state index is 0.136. The second kappa shape index (κ2) is 6.11. The first-order valence-corrected chi connectivity index (χ1v) is 6.24. The van der Waals surface area contributed by atoms with Crippen molar-refractivity contribution in [3.05, 3.63) is 29.8 Å². The van der Waals surface area contributed by atoms with Gasteiger partial charge in [-0.15, -0.1) is 0 Å². The van der Waals surface area contributed by atoms with Crippen molar-refractivity contribution in [2.24, 2.45) is 0 Å². The summed E-state index contributed by atoms with van der Waals surface area (Å²) in [6.07, 6.45) is 3.61. The van der Waals surface area contributed by atoms with Crippen molar-refractivity contribution < 1.29 is 9.53 Å². The molecule has 2 rings (SSSR count). The molecule has 0 aliphatic carbocycles. The predicted octanol–water partition coefficient (Wildman–Crippen LogP) is 2.32. The molecule has 0 unspecified atom stereocenters. The average molecular weight is 243 g/mol. The molecule has 0 amide bonds. The Labute approximate surface area is 108 Å². The van der Waals surface area contributed by atoms with Crippen molar-refractivity contribution in [3.63, 3.8) is 0 Å². The number of likely N-dealkylation sites (tertiary alicyclic amines) is 1. The third-order valence-electron chi connectivity index (χ3n) is 3.04. The second-order valence-corrected chi connectivity index (χ2v) is 4.34. The fraction of sp³-hybridized carbons (Fsp3) is 0.400. The van der Waals surface area contributed by atoms with E-state index in [1.807, 2.05) is 4.90 Å². The summed E-state index contributed by atoms with van der Waals surface area (Å²) in [5, 5.41) is 0. The standard InChI is InChI=1S/C15H17NO2/c1-18-14-7-5-13(6-8-14)15(17)9-12-16-10-3-2-4-11-16/h5-8H,2-4,10-11H2,1H3. The van der Waals surface area contributed by atoms with E-state index >= 15 is 0 Å². The Kier molecular flexibility index (Phi) is 4.25. The molecule has 0 atom stereocenters. The number of benzene rings is 1. The number of Topliss-reactive ketones (excluding diaryl/α,β-unsaturated/α-hetero) is 1. The zero-order valence-corrected chi connectivity index (χ0v) is 10.6. The highest BCUT2D eigenvalue weighted by molar-refractivity contribution is 6.08. The van der Waals surface area contributed by atoms with E-state index < -0.39 is 0 Å². The lowest BCUT2D eigenvalue weighted by Crippen LogP contribution is -2.24. The van der Waals surface area contributed by atoms with Crippen molar-refractivity contribution in [1.29, 1.82) is 0 Å². The number of piperidine rings is 1. The molecular formula is C15H17NO2. The molecule has 1 aromatic rings. The maximum Gasteiger partial charge on any atom is 0.237 e. The van der Waals surface area contributed by atoms with Crippen LogP contribution in [0.25, 0.3) is 0 Å². The topological polar surface area (TPSA) is 29.5 Å². The van der Waals surface area contributed by atoms with Crippen molar-refractivity contribution in [2.75, 3.05) is 20.2 Å². The highest BCUT2D eigenvalue weighted by atomic mass is 16.5. The largest absolute Gasteiger partial charge is 0.497 e. The molecule has 1 aliphatic rings. The Morgan fingerprint density at radius 2 is 1.83 bits per heavy atom. The normalized spacial score (nSPS) is 14.6. The zero-order chi connectivity index (χ0) is 12.8. The lowest BCUT2D eigenvalue weighted by Gasteiger charge is -2.21. The van der Waals surface area contributed by atoms with Gasteiger partial charge in [-0.2, -0.15) is 0 Å². The van der Waals surface area contributed by atoms with E-state index in [1.54, 1.807) is 31.4 Å². The van der Waals surface area contributed by atoms with Crippen LogP contribution in [0.5, 0.6) is 5.75 Å². The van der Waals surface area contributed by atoms with Crippen LogP contribution in [0, 0.1) is 12.0 Å². The van der Waals surface area contributed by atoms with Crippen molar-refractivity contribution in [1.82, 2.24) is 4.90 Å². The number of methoxy groups -OCH3 is 1. The third kappa shape index (κ3) is 3.27. The lowest BCUT2D eigenvalue weighted by atomic mass is 10.1. The SMILES string of the molecule is COc1ccc(C(=O)C#CN2CCCCC2)cc1. The molecule has 0 N–H and O–H groups in total. The monoisotopic (exact) mass is 243 g/mol. The van der Waals surface area contributed by atoms with Crippen molar-refractivity contribution in [2.45, 2.75) is 19.3 Å². The summed E-state index contributed by atoms with van der Waals surface area (Å²) in [5.74, 6) is 3.31. The number of ketones is 1. The lowest BCUT2D eigenvalue weighted by molar-refractivity contribution is 0.105. The van der Waals surface area contributed by atoms with Crippen LogP contribution in [0.4, 0.5) is 0 Å². The van der Waals surface area contributed by atoms with Gasteiger partial charge in [-0.25, -0.2) is 0 Å². The molecule has 1 heterocycles. The van der Waals surface area contributed by atoms with Crippen LogP contribution in [0.2, 0.25) is 0 Å². The van der Waals surface area contributed by atoms with Crippen LogP contribution in [-0.4, -0.2) is 30.9 Å². The fourth-order valence-corrected chi connectivity index (χ4v) is 1.95. The van der Waals surface area contributed by atoms with E-state index in [0.717, 1.165) is 18.8 Å². The first-order chi connectivity index (χ1) is 8.79. The van der Waals surface area contributed by atoms with Crippen LogP contribution in [0.1, 0.15) is 29.6 Å². The quantitative estimate of drug-likeness (QED) is 0.590. The van der Waals surface area contributed by atoms with Gasteiger partial charge in [-0.3, -0.25) is 4.79 Å². The van der Waals surface area contributed by atoms with E-state index in [1.165, 1.54) is 19.3 Å². The zero-order valence-electron chi connectivity index (χ0n) is 10.6. The van der Waals surface area contributed by atoms with E-state index in [-0.39, 0.29) is 5.78 Å². The number of rotatable bonds is 2. The fourth-order valence-electron chi connectivity index (χ4n) is 1.95. The molecule has 1 saturated heterocycles. The molecule has 0 bridgehead atoms. The summed E-state index contributed by atoms with van der Waals surface area (Å²) in [7, 11) is 1.60. The van der Waals surface area contributed by atoms with E-state index in [9.17, 15) is 4.79 Å². The number of nitrogens with zero attached hydrogens (tertiary/aromatic N) is 1. The maximum absolute atomic E-state index is 11.8. The van der Waals surface area contributed by atoms with E-state index in [4.69, 9.17) is 4.74 Å². The Morgan fingerprint density at radius 1 is 1.17 bits per heavy atom. The average Bonchev–Trinajstić information content (AvgIpc) is 2.46. The minimum atomic E-state index is -0.136. The number of hydrogen-bond acceptors (Lipinski definition) is 3. The van der Waals surface area contributed by atoms with Gasteiger partial charge in [-0.05, 0) is 49.4 Å². The van der Waals surface area contributed by atoms with Crippen molar-refractivity contribution >= 4 is 5.78 Å². The molecule has 0 spiro atoms. The highest BCUT2D eigenvalue weighted by Gasteiger charge is 2.06. The molecule has 3 nitrogen and oxygen atoms in total. The molecule has 3 heteroatoms. The third-order valence-corrected chi connectivity index (χ3v) is 3.04. The van der Waals surface area contributed by atoms with Gasteiger partial charge in [0.25, 0.3) is 0 Å². The van der Waals surface area contributed by atoms with Gasteiger partial charge in [0.05, 0.1) is 7.11 Å². The van der Waals surface area contributed by atoms with Gasteiger partial charge in [0.15, 0.2) is 0 Å². The van der Waals surface area contributed by atoms with Crippen LogP contribution in [-0.2, 0) is 0 Å². The maximum atomic E-state index is 11.8. The first kappa shape index (κ1) is 12.5. The number of ether oxygens (including phenoxy) is 1. The molecule has 18 heavy (non-hydrogen) atoms. The Morgan fingerprint density at radius 3 is 2.44 bits per heavy atom. The number of carbonyl (C=O) groups excluding carboxylic acids is 1. The molecule has 1 aromatic carbocycles. The van der Waals surface area contributed by atoms with Gasteiger partial charge >= 0.3 is 0 Å². The van der Waals surface area contributed by atoms with Crippen LogP contribution < -0.4 is 4.74 Å². The molecule has 0 aromatic heterocycles. The minimum Gasteiger partial charge on any atom is -0.497 e. The summed E-state index contributed by atoms with van der Waals surface area (Å²) in [6.45, 7) is 1.95. The Hall–Kier alpha value is -1.95. The summed E-state index contributed by atoms with van der Waals surface area (Å²) < 4.78 is 5.05. The summed E-state index contributed by atoms with van der Waals surface area (Å²) in [4.78, 5) is 13.9. The summed E-state index contributed by atoms with van der Waals surface area (Å²) >= 11 is 0. The Bertz CT molecular complexity index is 462. The van der Waals surface area contributed by atoms with Gasteiger partial charge in [0.1, 0.15) is 5.75 Å². The van der Waals surface area contributed by atoms with Crippen LogP contribution >= 0.6 is 0 Å². The first-order valence-electron chi connectivity index (χ1n) is 6.24. The highest BCUT2D eigenvalue weighted by Crippen LogP contribution is 2.11. The predicted molar refractivity (Wildman–Crippen MR) is 70.5 cm³/mol. The van der Waals surface area contributed by atoms with E-state index in [0.29, 0.717) is 5.56 Å². The Balaban J connectivity index is 2.00. The van der Waals surface area contributed by atoms with Crippen LogP contribution in [0.15, 0.2) is 24.3 Å². The number of hydrogen-bond donors (Lipinski definition) is 0. The second-order valence-electron chi connectivity index (χ2n) is 4.34. The molecule has 0 radical (unpaired) electrons. The summed E-state index contributed by atoms with van der Waals surface area (Å²) in [6, 6.07) is 9.98.